The summed E-state index contributed by atoms with van der Waals surface area (Å²) in [5.74, 6) is -0.191. The molecule has 0 bridgehead atoms. The van der Waals surface area contributed by atoms with Crippen molar-refractivity contribution in [1.29, 1.82) is 0 Å². The number of nitrogens with one attached hydrogen (secondary N) is 1. The van der Waals surface area contributed by atoms with Crippen molar-refractivity contribution in [1.82, 2.24) is 10.3 Å². The highest BCUT2D eigenvalue weighted by molar-refractivity contribution is 6.58. The third-order valence-corrected chi connectivity index (χ3v) is 4.53. The topological polar surface area (TPSA) is 112 Å². The second kappa shape index (κ2) is 7.86. The smallest absolute Gasteiger partial charge is 0.444 e. The molecule has 0 unspecified atom stereocenters. The first-order chi connectivity index (χ1) is 12.4. The summed E-state index contributed by atoms with van der Waals surface area (Å²) in [6.45, 7) is 10.0. The normalized spacial score (nSPS) is 16.6. The molecule has 0 aromatic carbocycles. The number of carbonyl (C=O) groups is 2. The number of ketones is 1. The molecule has 148 valence electrons. The van der Waals surface area contributed by atoms with Crippen LogP contribution >= 0.6 is 0 Å². The number of nitrogens with zero attached hydrogens (tertiary/aromatic N) is 2. The first kappa shape index (κ1) is 21.2. The van der Waals surface area contributed by atoms with Gasteiger partial charge in [0.1, 0.15) is 11.3 Å². The number of alkyl carbamates (subject to hydrolysis) is 1. The maximum atomic E-state index is 12.1. The van der Waals surface area contributed by atoms with Crippen LogP contribution in [-0.2, 0) is 4.74 Å². The number of hydrogen-bond acceptors (Lipinski definition) is 7. The van der Waals surface area contributed by atoms with Gasteiger partial charge in [0.15, 0.2) is 5.78 Å². The monoisotopic (exact) mass is 377 g/mol. The van der Waals surface area contributed by atoms with Gasteiger partial charge in [0.2, 0.25) is 0 Å². The van der Waals surface area contributed by atoms with Gasteiger partial charge < -0.3 is 25.0 Å². The number of rotatable bonds is 4. The van der Waals surface area contributed by atoms with Crippen LogP contribution in [-0.4, -0.2) is 58.3 Å². The highest BCUT2D eigenvalue weighted by Crippen LogP contribution is 2.28. The van der Waals surface area contributed by atoms with Crippen LogP contribution in [0.15, 0.2) is 12.3 Å². The minimum absolute atomic E-state index is 0.191. The molecule has 9 heteroatoms. The van der Waals surface area contributed by atoms with Gasteiger partial charge in [-0.1, -0.05) is 0 Å². The van der Waals surface area contributed by atoms with Crippen LogP contribution in [0.4, 0.5) is 10.5 Å². The van der Waals surface area contributed by atoms with Gasteiger partial charge in [0.05, 0.1) is 5.69 Å². The molecule has 2 heterocycles. The van der Waals surface area contributed by atoms with E-state index in [0.29, 0.717) is 37.3 Å². The molecule has 1 saturated heterocycles. The summed E-state index contributed by atoms with van der Waals surface area (Å²) in [7, 11) is -1.65. The quantitative estimate of drug-likeness (QED) is 0.527. The van der Waals surface area contributed by atoms with Crippen molar-refractivity contribution in [2.24, 2.45) is 0 Å². The number of carbonyl (C=O) groups excluding carboxylic acids is 2. The molecule has 0 radical (unpaired) electrons. The molecule has 1 aromatic heterocycles. The van der Waals surface area contributed by atoms with Crippen molar-refractivity contribution in [2.45, 2.75) is 58.6 Å². The van der Waals surface area contributed by atoms with Gasteiger partial charge in [0, 0.05) is 37.2 Å². The Morgan fingerprint density at radius 1 is 1.30 bits per heavy atom. The van der Waals surface area contributed by atoms with Gasteiger partial charge >= 0.3 is 13.2 Å². The Labute approximate surface area is 160 Å². The minimum atomic E-state index is -1.65. The number of anilines is 1. The first-order valence-electron chi connectivity index (χ1n) is 9.03. The molecular formula is C18H28BN3O5. The molecule has 8 nitrogen and oxygen atoms in total. The zero-order valence-electron chi connectivity index (χ0n) is 16.6. The van der Waals surface area contributed by atoms with Gasteiger partial charge in [-0.25, -0.2) is 4.79 Å². The highest BCUT2D eigenvalue weighted by Gasteiger charge is 2.34. The standard InChI is InChI=1S/C18H28BN3O5/c1-12(23)15-14(10-13(11-20-15)19(25)26)22-8-6-18(5,7-9-22)21-16(24)27-17(2,3)4/h10-11,25-26H,6-9H2,1-5H3,(H,21,24). The van der Waals surface area contributed by atoms with Crippen molar-refractivity contribution in [2.75, 3.05) is 18.0 Å². The van der Waals surface area contributed by atoms with E-state index in [0.717, 1.165) is 0 Å². The van der Waals surface area contributed by atoms with Crippen LogP contribution < -0.4 is 15.7 Å². The molecule has 0 atom stereocenters. The Kier molecular flexibility index (Phi) is 6.16. The molecule has 0 saturated carbocycles. The fourth-order valence-corrected chi connectivity index (χ4v) is 3.04. The molecule has 2 rings (SSSR count). The molecule has 0 aliphatic carbocycles. The van der Waals surface area contributed by atoms with Gasteiger partial charge in [-0.3, -0.25) is 9.78 Å². The largest absolute Gasteiger partial charge is 0.490 e. The second-order valence-electron chi connectivity index (χ2n) is 8.24. The first-order valence-corrected chi connectivity index (χ1v) is 9.03. The van der Waals surface area contributed by atoms with E-state index >= 15 is 0 Å². The van der Waals surface area contributed by atoms with Crippen LogP contribution in [0, 0.1) is 0 Å². The van der Waals surface area contributed by atoms with E-state index in [1.165, 1.54) is 13.1 Å². The second-order valence-corrected chi connectivity index (χ2v) is 8.24. The maximum Gasteiger partial charge on any atom is 0.490 e. The van der Waals surface area contributed by atoms with E-state index in [4.69, 9.17) is 4.74 Å². The van der Waals surface area contributed by atoms with Gasteiger partial charge in [-0.05, 0) is 46.6 Å². The molecule has 1 fully saturated rings. The Balaban J connectivity index is 2.12. The van der Waals surface area contributed by atoms with Crippen LogP contribution in [0.2, 0.25) is 0 Å². The lowest BCUT2D eigenvalue weighted by Gasteiger charge is -2.41. The van der Waals surface area contributed by atoms with Gasteiger partial charge in [-0.2, -0.15) is 0 Å². The zero-order valence-corrected chi connectivity index (χ0v) is 16.6. The fourth-order valence-electron chi connectivity index (χ4n) is 3.04. The van der Waals surface area contributed by atoms with Gasteiger partial charge in [-0.15, -0.1) is 0 Å². The molecule has 27 heavy (non-hydrogen) atoms. The lowest BCUT2D eigenvalue weighted by molar-refractivity contribution is 0.0448. The van der Waals surface area contributed by atoms with E-state index in [2.05, 4.69) is 10.3 Å². The Morgan fingerprint density at radius 2 is 1.89 bits per heavy atom. The van der Waals surface area contributed by atoms with E-state index in [1.807, 2.05) is 32.6 Å². The van der Waals surface area contributed by atoms with Crippen LogP contribution in [0.1, 0.15) is 57.9 Å². The predicted molar refractivity (Wildman–Crippen MR) is 103 cm³/mol. The van der Waals surface area contributed by atoms with Crippen molar-refractivity contribution < 1.29 is 24.4 Å². The van der Waals surface area contributed by atoms with Crippen LogP contribution in [0.5, 0.6) is 0 Å². The molecule has 1 amide bonds. The fraction of sp³-hybridized carbons (Fsp3) is 0.611. The molecule has 1 aliphatic rings. The summed E-state index contributed by atoms with van der Waals surface area (Å²) in [5.41, 5.74) is 0.122. The van der Waals surface area contributed by atoms with Crippen LogP contribution in [0.25, 0.3) is 0 Å². The molecule has 3 N–H and O–H groups in total. The van der Waals surface area contributed by atoms with Crippen molar-refractivity contribution in [3.63, 3.8) is 0 Å². The summed E-state index contributed by atoms with van der Waals surface area (Å²) in [4.78, 5) is 30.1. The average molecular weight is 377 g/mol. The molecule has 1 aromatic rings. The van der Waals surface area contributed by atoms with Crippen molar-refractivity contribution in [3.05, 3.63) is 18.0 Å². The summed E-state index contributed by atoms with van der Waals surface area (Å²) in [6, 6.07) is 1.58. The molecule has 1 aliphatic heterocycles. The number of piperidine rings is 1. The highest BCUT2D eigenvalue weighted by atomic mass is 16.6. The summed E-state index contributed by atoms with van der Waals surface area (Å²) in [6.07, 6.45) is 2.14. The lowest BCUT2D eigenvalue weighted by Crippen LogP contribution is -2.54. The van der Waals surface area contributed by atoms with Crippen molar-refractivity contribution in [3.8, 4) is 0 Å². The Bertz CT molecular complexity index is 709. The summed E-state index contributed by atoms with van der Waals surface area (Å²) >= 11 is 0. The van der Waals surface area contributed by atoms with Gasteiger partial charge in [0.25, 0.3) is 0 Å². The zero-order chi connectivity index (χ0) is 20.4. The Morgan fingerprint density at radius 3 is 2.37 bits per heavy atom. The maximum absolute atomic E-state index is 12.1. The average Bonchev–Trinajstić information content (AvgIpc) is 2.52. The number of ether oxygens (including phenoxy) is 1. The lowest BCUT2D eigenvalue weighted by atomic mass is 9.81. The number of pyridine rings is 1. The molecular weight excluding hydrogens is 349 g/mol. The minimum Gasteiger partial charge on any atom is -0.444 e. The third kappa shape index (κ3) is 5.67. The number of amides is 1. The van der Waals surface area contributed by atoms with E-state index in [9.17, 15) is 19.6 Å². The number of Topliss-reactive ketones (excluding diaryl/α,β-unsaturated/α-hetero) is 1. The summed E-state index contributed by atoms with van der Waals surface area (Å²) in [5, 5.41) is 21.7. The molecule has 0 spiro atoms. The van der Waals surface area contributed by atoms with Crippen LogP contribution in [0.3, 0.4) is 0 Å². The number of hydrogen-bond donors (Lipinski definition) is 3. The third-order valence-electron chi connectivity index (χ3n) is 4.53. The summed E-state index contributed by atoms with van der Waals surface area (Å²) < 4.78 is 5.34. The SMILES string of the molecule is CC(=O)c1ncc(B(O)O)cc1N1CCC(C)(NC(=O)OC(C)(C)C)CC1. The van der Waals surface area contributed by atoms with E-state index < -0.39 is 24.4 Å². The van der Waals surface area contributed by atoms with Crippen molar-refractivity contribution >= 4 is 30.1 Å². The Hall–Kier alpha value is -2.13. The number of aromatic nitrogens is 1. The van der Waals surface area contributed by atoms with E-state index in [1.54, 1.807) is 6.07 Å². The van der Waals surface area contributed by atoms with E-state index in [-0.39, 0.29) is 11.2 Å². The predicted octanol–water partition coefficient (Wildman–Crippen LogP) is 0.848.